The molecule has 2 amide bonds. The fourth-order valence-electron chi connectivity index (χ4n) is 1.88. The first-order valence-corrected chi connectivity index (χ1v) is 7.43. The quantitative estimate of drug-likeness (QED) is 0.845. The molecule has 2 N–H and O–H groups in total. The van der Waals surface area contributed by atoms with Crippen LogP contribution < -0.4 is 5.32 Å². The largest absolute Gasteiger partial charge is 0.480 e. The molecule has 0 aliphatic heterocycles. The van der Waals surface area contributed by atoms with Gasteiger partial charge in [0.2, 0.25) is 0 Å². The third-order valence-electron chi connectivity index (χ3n) is 3.22. The van der Waals surface area contributed by atoms with Crippen molar-refractivity contribution in [3.63, 3.8) is 0 Å². The van der Waals surface area contributed by atoms with Gasteiger partial charge in [0.1, 0.15) is 10.5 Å². The van der Waals surface area contributed by atoms with Gasteiger partial charge in [-0.15, -0.1) is 11.3 Å². The van der Waals surface area contributed by atoms with Crippen molar-refractivity contribution in [3.05, 3.63) is 16.6 Å². The van der Waals surface area contributed by atoms with E-state index < -0.39 is 11.5 Å². The van der Waals surface area contributed by atoms with Crippen LogP contribution in [0.3, 0.4) is 0 Å². The maximum Gasteiger partial charge on any atom is 0.329 e. The van der Waals surface area contributed by atoms with Gasteiger partial charge in [0, 0.05) is 18.1 Å². The van der Waals surface area contributed by atoms with Crippen molar-refractivity contribution in [1.82, 2.24) is 15.2 Å². The molecule has 0 saturated heterocycles. The number of aromatic nitrogens is 1. The molecule has 0 saturated carbocycles. The Bertz CT molecular complexity index is 459. The van der Waals surface area contributed by atoms with Crippen LogP contribution in [0, 0.1) is 0 Å². The zero-order valence-corrected chi connectivity index (χ0v) is 13.0. The van der Waals surface area contributed by atoms with E-state index in [2.05, 4.69) is 10.3 Å². The molecule has 0 aliphatic rings. The van der Waals surface area contributed by atoms with Crippen molar-refractivity contribution >= 4 is 23.3 Å². The molecule has 0 fully saturated rings. The van der Waals surface area contributed by atoms with Crippen LogP contribution in [0.2, 0.25) is 0 Å². The minimum absolute atomic E-state index is 0.193. The Labute approximate surface area is 122 Å². The van der Waals surface area contributed by atoms with Gasteiger partial charge >= 0.3 is 12.0 Å². The molecule has 0 aliphatic carbocycles. The highest BCUT2D eigenvalue weighted by molar-refractivity contribution is 7.09. The van der Waals surface area contributed by atoms with Crippen molar-refractivity contribution in [2.24, 2.45) is 0 Å². The number of carbonyl (C=O) groups excluding carboxylic acids is 1. The van der Waals surface area contributed by atoms with Gasteiger partial charge in [-0.25, -0.2) is 14.6 Å². The number of urea groups is 1. The zero-order chi connectivity index (χ0) is 15.3. The van der Waals surface area contributed by atoms with Crippen LogP contribution in [0.25, 0.3) is 0 Å². The SMILES string of the molecule is CCC(NC(=O)N(CC)C(C)(C)C(=O)O)c1nccs1. The maximum atomic E-state index is 12.3. The number of hydrogen-bond donors (Lipinski definition) is 2. The predicted octanol–water partition coefficient (Wildman–Crippen LogP) is 2.49. The summed E-state index contributed by atoms with van der Waals surface area (Å²) in [6.07, 6.45) is 2.39. The number of nitrogens with zero attached hydrogens (tertiary/aromatic N) is 2. The lowest BCUT2D eigenvalue weighted by Gasteiger charge is -2.35. The van der Waals surface area contributed by atoms with Gasteiger partial charge in [-0.05, 0) is 27.2 Å². The van der Waals surface area contributed by atoms with Crippen LogP contribution in [0.1, 0.15) is 45.2 Å². The number of amides is 2. The summed E-state index contributed by atoms with van der Waals surface area (Å²) < 4.78 is 0. The average Bonchev–Trinajstić information content (AvgIpc) is 2.89. The fraction of sp³-hybridized carbons (Fsp3) is 0.615. The topological polar surface area (TPSA) is 82.5 Å². The lowest BCUT2D eigenvalue weighted by atomic mass is 10.0. The number of carboxylic acids is 1. The van der Waals surface area contributed by atoms with E-state index in [0.717, 1.165) is 5.01 Å². The molecule has 6 nitrogen and oxygen atoms in total. The smallest absolute Gasteiger partial charge is 0.329 e. The van der Waals surface area contributed by atoms with Crippen LogP contribution >= 0.6 is 11.3 Å². The lowest BCUT2D eigenvalue weighted by Crippen LogP contribution is -2.56. The molecular weight excluding hydrogens is 278 g/mol. The second kappa shape index (κ2) is 6.69. The standard InChI is InChI=1S/C13H21N3O3S/c1-5-9(10-14-7-8-20-10)15-12(19)16(6-2)13(3,4)11(17)18/h7-9H,5-6H2,1-4H3,(H,15,19)(H,17,18). The normalized spacial score (nSPS) is 12.8. The Morgan fingerprint density at radius 3 is 2.55 bits per heavy atom. The van der Waals surface area contributed by atoms with E-state index in [9.17, 15) is 14.7 Å². The molecule has 112 valence electrons. The number of carbonyl (C=O) groups is 2. The molecule has 0 bridgehead atoms. The molecule has 20 heavy (non-hydrogen) atoms. The Kier molecular flexibility index (Phi) is 5.50. The molecule has 0 radical (unpaired) electrons. The van der Waals surface area contributed by atoms with Crippen LogP contribution in [-0.2, 0) is 4.79 Å². The van der Waals surface area contributed by atoms with Gasteiger partial charge in [-0.2, -0.15) is 0 Å². The van der Waals surface area contributed by atoms with E-state index in [-0.39, 0.29) is 12.1 Å². The van der Waals surface area contributed by atoms with E-state index in [1.807, 2.05) is 12.3 Å². The number of carboxylic acid groups (broad SMARTS) is 1. The summed E-state index contributed by atoms with van der Waals surface area (Å²) in [5, 5.41) is 14.8. The van der Waals surface area contributed by atoms with Gasteiger partial charge in [0.15, 0.2) is 0 Å². The highest BCUT2D eigenvalue weighted by Gasteiger charge is 2.37. The Balaban J connectivity index is 2.85. The number of rotatable bonds is 6. The van der Waals surface area contributed by atoms with Gasteiger partial charge in [-0.3, -0.25) is 0 Å². The molecule has 1 aromatic rings. The minimum Gasteiger partial charge on any atom is -0.480 e. The molecule has 1 unspecified atom stereocenters. The zero-order valence-electron chi connectivity index (χ0n) is 12.2. The van der Waals surface area contributed by atoms with Crippen LogP contribution in [0.15, 0.2) is 11.6 Å². The summed E-state index contributed by atoms with van der Waals surface area (Å²) >= 11 is 1.47. The van der Waals surface area contributed by atoms with Gasteiger partial charge in [0.25, 0.3) is 0 Å². The summed E-state index contributed by atoms with van der Waals surface area (Å²) in [7, 11) is 0. The Hall–Kier alpha value is -1.63. The van der Waals surface area contributed by atoms with E-state index in [4.69, 9.17) is 0 Å². The van der Waals surface area contributed by atoms with E-state index >= 15 is 0 Å². The molecule has 7 heteroatoms. The molecule has 1 rings (SSSR count). The Morgan fingerprint density at radius 1 is 1.50 bits per heavy atom. The summed E-state index contributed by atoms with van der Waals surface area (Å²) in [5.41, 5.74) is -1.25. The van der Waals surface area contributed by atoms with Gasteiger partial charge in [0.05, 0.1) is 6.04 Å². The van der Waals surface area contributed by atoms with Crippen molar-refractivity contribution < 1.29 is 14.7 Å². The van der Waals surface area contributed by atoms with Crippen LogP contribution in [0.4, 0.5) is 4.79 Å². The molecule has 1 atom stereocenters. The number of nitrogens with one attached hydrogen (secondary N) is 1. The predicted molar refractivity (Wildman–Crippen MR) is 77.8 cm³/mol. The maximum absolute atomic E-state index is 12.3. The number of hydrogen-bond acceptors (Lipinski definition) is 4. The minimum atomic E-state index is -1.25. The first kappa shape index (κ1) is 16.4. The van der Waals surface area contributed by atoms with Crippen molar-refractivity contribution in [2.75, 3.05) is 6.54 Å². The number of aliphatic carboxylic acids is 1. The fourth-order valence-corrected chi connectivity index (χ4v) is 2.65. The molecule has 1 aromatic heterocycles. The van der Waals surface area contributed by atoms with Crippen LogP contribution in [-0.4, -0.2) is 39.1 Å². The van der Waals surface area contributed by atoms with Crippen molar-refractivity contribution in [3.8, 4) is 0 Å². The third kappa shape index (κ3) is 3.47. The first-order valence-electron chi connectivity index (χ1n) is 6.55. The molecule has 1 heterocycles. The second-order valence-electron chi connectivity index (χ2n) is 4.89. The third-order valence-corrected chi connectivity index (χ3v) is 4.10. The highest BCUT2D eigenvalue weighted by atomic mass is 32.1. The van der Waals surface area contributed by atoms with Gasteiger partial charge < -0.3 is 15.3 Å². The van der Waals surface area contributed by atoms with E-state index in [0.29, 0.717) is 13.0 Å². The van der Waals surface area contributed by atoms with E-state index in [1.165, 1.54) is 30.1 Å². The first-order chi connectivity index (χ1) is 9.34. The second-order valence-corrected chi connectivity index (χ2v) is 5.82. The number of thiazole rings is 1. The lowest BCUT2D eigenvalue weighted by molar-refractivity contribution is -0.147. The van der Waals surface area contributed by atoms with Gasteiger partial charge in [-0.1, -0.05) is 6.92 Å². The Morgan fingerprint density at radius 2 is 2.15 bits per heavy atom. The summed E-state index contributed by atoms with van der Waals surface area (Å²) in [4.78, 5) is 29.1. The summed E-state index contributed by atoms with van der Waals surface area (Å²) in [6, 6.07) is -0.580. The molecule has 0 spiro atoms. The summed E-state index contributed by atoms with van der Waals surface area (Å²) in [6.45, 7) is 7.06. The number of likely N-dealkylation sites (N-methyl/N-ethyl adjacent to an activating group) is 1. The summed E-state index contributed by atoms with van der Waals surface area (Å²) in [5.74, 6) is -1.03. The van der Waals surface area contributed by atoms with Crippen molar-refractivity contribution in [2.45, 2.75) is 45.7 Å². The molecular formula is C13H21N3O3S. The molecule has 0 aromatic carbocycles. The monoisotopic (exact) mass is 299 g/mol. The highest BCUT2D eigenvalue weighted by Crippen LogP contribution is 2.21. The van der Waals surface area contributed by atoms with Crippen molar-refractivity contribution in [1.29, 1.82) is 0 Å². The van der Waals surface area contributed by atoms with Crippen LogP contribution in [0.5, 0.6) is 0 Å². The van der Waals surface area contributed by atoms with E-state index in [1.54, 1.807) is 13.1 Å². The average molecular weight is 299 g/mol.